The Morgan fingerprint density at radius 1 is 1.11 bits per heavy atom. The largest absolute Gasteiger partial charge is 0.341 e. The van der Waals surface area contributed by atoms with Gasteiger partial charge < -0.3 is 4.98 Å². The van der Waals surface area contributed by atoms with Crippen molar-refractivity contribution in [3.05, 3.63) is 39.9 Å². The van der Waals surface area contributed by atoms with Crippen molar-refractivity contribution in [2.24, 2.45) is 0 Å². The molecule has 0 bridgehead atoms. The molecule has 0 aliphatic carbocycles. The molecule has 0 atom stereocenters. The highest BCUT2D eigenvalue weighted by Crippen LogP contribution is 2.36. The van der Waals surface area contributed by atoms with E-state index in [1.165, 1.54) is 11.8 Å². The summed E-state index contributed by atoms with van der Waals surface area (Å²) in [5, 5.41) is 1.95. The SMILES string of the molecule is Clc1ccc(Sc2nc(Cl)nc3nc[nH]c23)c(Cl)c1. The molecule has 0 aliphatic heterocycles. The van der Waals surface area contributed by atoms with Crippen LogP contribution in [0, 0.1) is 0 Å². The van der Waals surface area contributed by atoms with Gasteiger partial charge in [0.2, 0.25) is 5.28 Å². The molecule has 0 spiro atoms. The molecular formula is C11H5Cl3N4S. The second-order valence-electron chi connectivity index (χ2n) is 3.58. The van der Waals surface area contributed by atoms with Crippen molar-refractivity contribution in [2.45, 2.75) is 9.92 Å². The molecule has 0 saturated heterocycles. The molecule has 0 radical (unpaired) electrons. The standard InChI is InChI=1S/C11H5Cl3N4S/c12-5-1-2-7(6(13)3-5)19-10-8-9(16-4-15-8)17-11(14)18-10/h1-4H,(H,15,16,17,18). The Kier molecular flexibility index (Phi) is 3.54. The maximum Gasteiger partial charge on any atom is 0.225 e. The quantitative estimate of drug-likeness (QED) is 0.556. The Bertz CT molecular complexity index is 759. The van der Waals surface area contributed by atoms with Crippen molar-refractivity contribution < 1.29 is 0 Å². The van der Waals surface area contributed by atoms with Gasteiger partial charge in [-0.1, -0.05) is 35.0 Å². The van der Waals surface area contributed by atoms with Crippen LogP contribution in [-0.4, -0.2) is 19.9 Å². The van der Waals surface area contributed by atoms with E-state index in [9.17, 15) is 0 Å². The lowest BCUT2D eigenvalue weighted by Gasteiger charge is -2.04. The number of nitrogens with zero attached hydrogens (tertiary/aromatic N) is 3. The van der Waals surface area contributed by atoms with Crippen LogP contribution >= 0.6 is 46.6 Å². The van der Waals surface area contributed by atoms with Crippen LogP contribution in [0.25, 0.3) is 11.2 Å². The third-order valence-corrected chi connectivity index (χ3v) is 4.22. The smallest absolute Gasteiger partial charge is 0.225 e. The summed E-state index contributed by atoms with van der Waals surface area (Å²) in [6, 6.07) is 5.27. The molecule has 8 heteroatoms. The molecular weight excluding hydrogens is 327 g/mol. The Morgan fingerprint density at radius 3 is 2.74 bits per heavy atom. The van der Waals surface area contributed by atoms with E-state index in [4.69, 9.17) is 34.8 Å². The Morgan fingerprint density at radius 2 is 1.95 bits per heavy atom. The van der Waals surface area contributed by atoms with Crippen LogP contribution in [0.4, 0.5) is 0 Å². The van der Waals surface area contributed by atoms with E-state index >= 15 is 0 Å². The van der Waals surface area contributed by atoms with Crippen molar-refractivity contribution in [1.29, 1.82) is 0 Å². The molecule has 19 heavy (non-hydrogen) atoms. The molecule has 96 valence electrons. The fourth-order valence-electron chi connectivity index (χ4n) is 1.52. The molecule has 4 nitrogen and oxygen atoms in total. The van der Waals surface area contributed by atoms with Gasteiger partial charge in [-0.3, -0.25) is 0 Å². The number of H-pyrrole nitrogens is 1. The number of nitrogens with one attached hydrogen (secondary N) is 1. The van der Waals surface area contributed by atoms with Crippen LogP contribution in [0.2, 0.25) is 15.3 Å². The molecule has 0 aliphatic rings. The van der Waals surface area contributed by atoms with Gasteiger partial charge in [0, 0.05) is 9.92 Å². The Hall–Kier alpha value is -1.01. The van der Waals surface area contributed by atoms with Crippen LogP contribution in [-0.2, 0) is 0 Å². The minimum atomic E-state index is 0.146. The van der Waals surface area contributed by atoms with Crippen molar-refractivity contribution in [3.63, 3.8) is 0 Å². The zero-order valence-corrected chi connectivity index (χ0v) is 12.3. The normalized spacial score (nSPS) is 11.1. The second kappa shape index (κ2) is 5.17. The number of fused-ring (bicyclic) bond motifs is 1. The van der Waals surface area contributed by atoms with Crippen LogP contribution in [0.3, 0.4) is 0 Å². The predicted octanol–water partition coefficient (Wildman–Crippen LogP) is 4.46. The van der Waals surface area contributed by atoms with E-state index < -0.39 is 0 Å². The van der Waals surface area contributed by atoms with E-state index in [2.05, 4.69) is 19.9 Å². The first-order valence-corrected chi connectivity index (χ1v) is 7.08. The topological polar surface area (TPSA) is 54.5 Å². The molecule has 3 rings (SSSR count). The third kappa shape index (κ3) is 2.65. The number of benzene rings is 1. The fraction of sp³-hybridized carbons (Fsp3) is 0. The summed E-state index contributed by atoms with van der Waals surface area (Å²) >= 11 is 19.2. The monoisotopic (exact) mass is 330 g/mol. The third-order valence-electron chi connectivity index (χ3n) is 2.33. The van der Waals surface area contributed by atoms with Gasteiger partial charge in [0.05, 0.1) is 11.3 Å². The average molecular weight is 332 g/mol. The van der Waals surface area contributed by atoms with Gasteiger partial charge in [0.15, 0.2) is 5.65 Å². The van der Waals surface area contributed by atoms with E-state index in [1.54, 1.807) is 18.5 Å². The molecule has 1 aromatic carbocycles. The van der Waals surface area contributed by atoms with E-state index in [1.807, 2.05) is 6.07 Å². The lowest BCUT2D eigenvalue weighted by atomic mass is 10.4. The fourth-order valence-corrected chi connectivity index (χ4v) is 3.14. The first-order chi connectivity index (χ1) is 9.13. The molecule has 0 amide bonds. The number of hydrogen-bond donors (Lipinski definition) is 1. The first kappa shape index (κ1) is 13.0. The highest BCUT2D eigenvalue weighted by atomic mass is 35.5. The van der Waals surface area contributed by atoms with Gasteiger partial charge in [-0.15, -0.1) is 0 Å². The summed E-state index contributed by atoms with van der Waals surface area (Å²) in [6.07, 6.45) is 1.54. The minimum Gasteiger partial charge on any atom is -0.341 e. The van der Waals surface area contributed by atoms with Crippen molar-refractivity contribution in [3.8, 4) is 0 Å². The number of aromatic nitrogens is 4. The van der Waals surface area contributed by atoms with Crippen molar-refractivity contribution in [1.82, 2.24) is 19.9 Å². The second-order valence-corrected chi connectivity index (χ2v) is 5.79. The highest BCUT2D eigenvalue weighted by molar-refractivity contribution is 7.99. The van der Waals surface area contributed by atoms with E-state index in [0.29, 0.717) is 20.7 Å². The van der Waals surface area contributed by atoms with Crippen LogP contribution in [0.5, 0.6) is 0 Å². The Balaban J connectivity index is 2.07. The molecule has 3 aromatic rings. The maximum absolute atomic E-state index is 6.14. The summed E-state index contributed by atoms with van der Waals surface area (Å²) in [5.74, 6) is 0. The minimum absolute atomic E-state index is 0.146. The summed E-state index contributed by atoms with van der Waals surface area (Å²) in [7, 11) is 0. The van der Waals surface area contributed by atoms with E-state index in [-0.39, 0.29) is 5.28 Å². The van der Waals surface area contributed by atoms with Crippen molar-refractivity contribution >= 4 is 57.7 Å². The number of aromatic amines is 1. The highest BCUT2D eigenvalue weighted by Gasteiger charge is 2.12. The van der Waals surface area contributed by atoms with Crippen molar-refractivity contribution in [2.75, 3.05) is 0 Å². The van der Waals surface area contributed by atoms with Gasteiger partial charge in [0.25, 0.3) is 0 Å². The summed E-state index contributed by atoms with van der Waals surface area (Å²) in [5.41, 5.74) is 1.24. The zero-order valence-electron chi connectivity index (χ0n) is 9.19. The number of halogens is 3. The Labute approximate surface area is 127 Å². The average Bonchev–Trinajstić information content (AvgIpc) is 2.80. The number of rotatable bonds is 2. The first-order valence-electron chi connectivity index (χ1n) is 5.13. The van der Waals surface area contributed by atoms with Gasteiger partial charge in [-0.05, 0) is 29.8 Å². The predicted molar refractivity (Wildman–Crippen MR) is 77.3 cm³/mol. The number of imidazole rings is 1. The molecule has 0 saturated carbocycles. The summed E-state index contributed by atoms with van der Waals surface area (Å²) < 4.78 is 0. The van der Waals surface area contributed by atoms with Crippen LogP contribution in [0.15, 0.2) is 34.4 Å². The van der Waals surface area contributed by atoms with Crippen LogP contribution < -0.4 is 0 Å². The van der Waals surface area contributed by atoms with E-state index in [0.717, 1.165) is 10.4 Å². The van der Waals surface area contributed by atoms with Gasteiger partial charge in [-0.25, -0.2) is 9.97 Å². The lowest BCUT2D eigenvalue weighted by Crippen LogP contribution is -1.89. The van der Waals surface area contributed by atoms with Gasteiger partial charge in [0.1, 0.15) is 10.5 Å². The molecule has 1 N–H and O–H groups in total. The molecule has 2 heterocycles. The zero-order chi connectivity index (χ0) is 13.4. The summed E-state index contributed by atoms with van der Waals surface area (Å²) in [6.45, 7) is 0. The molecule has 2 aromatic heterocycles. The summed E-state index contributed by atoms with van der Waals surface area (Å²) in [4.78, 5) is 16.1. The molecule has 0 unspecified atom stereocenters. The molecule has 0 fully saturated rings. The van der Waals surface area contributed by atoms with Crippen LogP contribution in [0.1, 0.15) is 0 Å². The maximum atomic E-state index is 6.14. The van der Waals surface area contributed by atoms with Gasteiger partial charge in [-0.2, -0.15) is 4.98 Å². The lowest BCUT2D eigenvalue weighted by molar-refractivity contribution is 1.08. The number of hydrogen-bond acceptors (Lipinski definition) is 4. The van der Waals surface area contributed by atoms with Gasteiger partial charge >= 0.3 is 0 Å².